The number of aromatic nitrogens is 3. The first-order valence-electron chi connectivity index (χ1n) is 9.96. The number of hydrogen-bond donors (Lipinski definition) is 2. The summed E-state index contributed by atoms with van der Waals surface area (Å²) in [5, 5.41) is 6.21. The molecule has 0 radical (unpaired) electrons. The van der Waals surface area contributed by atoms with Crippen LogP contribution in [0.4, 0.5) is 16.2 Å². The molecule has 0 aliphatic rings. The molecule has 0 bridgehead atoms. The lowest BCUT2D eigenvalue weighted by Gasteiger charge is -2.16. The average molecular weight is 448 g/mol. The fraction of sp³-hybridized carbons (Fsp3) is 0.125. The maximum Gasteiger partial charge on any atom is 0.323 e. The van der Waals surface area contributed by atoms with Gasteiger partial charge in [-0.3, -0.25) is 4.98 Å². The van der Waals surface area contributed by atoms with Crippen molar-refractivity contribution in [2.75, 3.05) is 17.7 Å². The first-order chi connectivity index (χ1) is 15.5. The van der Waals surface area contributed by atoms with E-state index in [-0.39, 0.29) is 6.03 Å². The van der Waals surface area contributed by atoms with Gasteiger partial charge in [0.2, 0.25) is 0 Å². The molecular formula is C24H22ClN5O2. The summed E-state index contributed by atoms with van der Waals surface area (Å²) >= 11 is 6.05. The highest BCUT2D eigenvalue weighted by Crippen LogP contribution is 2.28. The topological polar surface area (TPSA) is 81.1 Å². The Morgan fingerprint density at radius 1 is 1.06 bits per heavy atom. The quantitative estimate of drug-likeness (QED) is 0.402. The number of carbonyl (C=O) groups excluding carboxylic acids is 1. The van der Waals surface area contributed by atoms with Gasteiger partial charge >= 0.3 is 6.03 Å². The zero-order valence-electron chi connectivity index (χ0n) is 17.7. The maximum absolute atomic E-state index is 12.6. The number of ether oxygens (including phenoxy) is 1. The number of carbonyl (C=O) groups is 1. The number of imidazole rings is 1. The summed E-state index contributed by atoms with van der Waals surface area (Å²) in [4.78, 5) is 21.2. The van der Waals surface area contributed by atoms with Crippen LogP contribution in [-0.4, -0.2) is 27.7 Å². The number of hydrogen-bond acceptors (Lipinski definition) is 4. The van der Waals surface area contributed by atoms with E-state index in [1.165, 1.54) is 7.11 Å². The SMILES string of the molecule is COc1ccc(Cl)cc1NC(=O)Nc1cccc(Cn2ccnc2-c2ccncc2)c1C. The number of halogens is 1. The average Bonchev–Trinajstić information content (AvgIpc) is 3.25. The molecule has 2 heterocycles. The van der Waals surface area contributed by atoms with Gasteiger partial charge in [0.15, 0.2) is 0 Å². The van der Waals surface area contributed by atoms with Crippen LogP contribution in [0.15, 0.2) is 73.3 Å². The second-order valence-electron chi connectivity index (χ2n) is 7.13. The molecule has 4 aromatic rings. The first-order valence-corrected chi connectivity index (χ1v) is 10.3. The molecule has 0 saturated heterocycles. The fourth-order valence-electron chi connectivity index (χ4n) is 3.43. The van der Waals surface area contributed by atoms with Gasteiger partial charge < -0.3 is 19.9 Å². The molecule has 0 spiro atoms. The number of amides is 2. The number of methoxy groups -OCH3 is 1. The van der Waals surface area contributed by atoms with Crippen LogP contribution in [0.5, 0.6) is 5.75 Å². The summed E-state index contributed by atoms with van der Waals surface area (Å²) < 4.78 is 7.35. The number of rotatable bonds is 6. The molecular weight excluding hydrogens is 426 g/mol. The van der Waals surface area contributed by atoms with Gasteiger partial charge in [-0.1, -0.05) is 23.7 Å². The fourth-order valence-corrected chi connectivity index (χ4v) is 3.60. The normalized spacial score (nSPS) is 10.6. The molecule has 8 heteroatoms. The summed E-state index contributed by atoms with van der Waals surface area (Å²) in [5.41, 5.74) is 4.23. The van der Waals surface area contributed by atoms with Crippen LogP contribution in [0.2, 0.25) is 5.02 Å². The van der Waals surface area contributed by atoms with Gasteiger partial charge in [-0.15, -0.1) is 0 Å². The molecule has 2 aromatic heterocycles. The van der Waals surface area contributed by atoms with Crippen molar-refractivity contribution in [1.29, 1.82) is 0 Å². The molecule has 162 valence electrons. The van der Waals surface area contributed by atoms with E-state index in [1.807, 2.05) is 43.5 Å². The minimum atomic E-state index is -0.383. The second-order valence-corrected chi connectivity index (χ2v) is 7.56. The van der Waals surface area contributed by atoms with E-state index < -0.39 is 0 Å². The van der Waals surface area contributed by atoms with Crippen molar-refractivity contribution in [1.82, 2.24) is 14.5 Å². The predicted octanol–water partition coefficient (Wildman–Crippen LogP) is 5.61. The van der Waals surface area contributed by atoms with Crippen molar-refractivity contribution in [3.8, 4) is 17.1 Å². The van der Waals surface area contributed by atoms with Crippen molar-refractivity contribution in [2.45, 2.75) is 13.5 Å². The summed E-state index contributed by atoms with van der Waals surface area (Å²) in [5.74, 6) is 1.38. The van der Waals surface area contributed by atoms with Crippen molar-refractivity contribution < 1.29 is 9.53 Å². The summed E-state index contributed by atoms with van der Waals surface area (Å²) in [6.07, 6.45) is 7.21. The standard InChI is InChI=1S/C24H22ClN5O2/c1-16-18(15-30-13-12-27-23(30)17-8-10-26-11-9-17)4-3-5-20(16)28-24(31)29-21-14-19(25)6-7-22(21)32-2/h3-14H,15H2,1-2H3,(H2,28,29,31). The van der Waals surface area contributed by atoms with Gasteiger partial charge in [-0.2, -0.15) is 0 Å². The van der Waals surface area contributed by atoms with E-state index in [4.69, 9.17) is 16.3 Å². The van der Waals surface area contributed by atoms with Crippen molar-refractivity contribution >= 4 is 29.0 Å². The Kier molecular flexibility index (Phi) is 6.37. The minimum Gasteiger partial charge on any atom is -0.495 e. The number of benzene rings is 2. The lowest BCUT2D eigenvalue weighted by Crippen LogP contribution is -2.20. The molecule has 0 fully saturated rings. The molecule has 0 atom stereocenters. The van der Waals surface area contributed by atoms with E-state index in [1.54, 1.807) is 36.8 Å². The highest BCUT2D eigenvalue weighted by molar-refractivity contribution is 6.31. The number of nitrogens with one attached hydrogen (secondary N) is 2. The van der Waals surface area contributed by atoms with Crippen LogP contribution in [-0.2, 0) is 6.54 Å². The largest absolute Gasteiger partial charge is 0.495 e. The Bertz CT molecular complexity index is 1240. The van der Waals surface area contributed by atoms with Gasteiger partial charge in [-0.05, 0) is 54.4 Å². The van der Waals surface area contributed by atoms with Gasteiger partial charge in [0.1, 0.15) is 11.6 Å². The smallest absolute Gasteiger partial charge is 0.323 e. The zero-order chi connectivity index (χ0) is 22.5. The molecule has 0 saturated carbocycles. The van der Waals surface area contributed by atoms with Gasteiger partial charge in [0.05, 0.1) is 12.8 Å². The van der Waals surface area contributed by atoms with Crippen molar-refractivity contribution in [3.05, 3.63) is 89.5 Å². The highest BCUT2D eigenvalue weighted by Gasteiger charge is 2.13. The molecule has 0 aliphatic carbocycles. The van der Waals surface area contributed by atoms with Crippen LogP contribution < -0.4 is 15.4 Å². The zero-order valence-corrected chi connectivity index (χ0v) is 18.4. The van der Waals surface area contributed by atoms with Crippen LogP contribution in [0.1, 0.15) is 11.1 Å². The minimum absolute atomic E-state index is 0.383. The number of pyridine rings is 1. The third kappa shape index (κ3) is 4.73. The van der Waals surface area contributed by atoms with Crippen LogP contribution in [0.3, 0.4) is 0 Å². The highest BCUT2D eigenvalue weighted by atomic mass is 35.5. The van der Waals surface area contributed by atoms with Gasteiger partial charge in [0, 0.05) is 47.6 Å². The summed E-state index contributed by atoms with van der Waals surface area (Å²) in [7, 11) is 1.54. The lowest BCUT2D eigenvalue weighted by molar-refractivity contribution is 0.262. The molecule has 32 heavy (non-hydrogen) atoms. The summed E-state index contributed by atoms with van der Waals surface area (Å²) in [6.45, 7) is 2.59. The molecule has 2 amide bonds. The molecule has 7 nitrogen and oxygen atoms in total. The van der Waals surface area contributed by atoms with E-state index in [0.717, 1.165) is 22.5 Å². The van der Waals surface area contributed by atoms with Crippen LogP contribution >= 0.6 is 11.6 Å². The lowest BCUT2D eigenvalue weighted by atomic mass is 10.1. The second kappa shape index (κ2) is 9.53. The van der Waals surface area contributed by atoms with Crippen molar-refractivity contribution in [3.63, 3.8) is 0 Å². The maximum atomic E-state index is 12.6. The van der Waals surface area contributed by atoms with Crippen molar-refractivity contribution in [2.24, 2.45) is 0 Å². The van der Waals surface area contributed by atoms with E-state index in [9.17, 15) is 4.79 Å². The van der Waals surface area contributed by atoms with E-state index in [0.29, 0.717) is 28.7 Å². The predicted molar refractivity (Wildman–Crippen MR) is 126 cm³/mol. The van der Waals surface area contributed by atoms with Gasteiger partial charge in [0.25, 0.3) is 0 Å². The Morgan fingerprint density at radius 2 is 1.84 bits per heavy atom. The Labute approximate surface area is 191 Å². The van der Waals surface area contributed by atoms with Crippen LogP contribution in [0.25, 0.3) is 11.4 Å². The number of nitrogens with zero attached hydrogens (tertiary/aromatic N) is 3. The Balaban J connectivity index is 1.52. The summed E-state index contributed by atoms with van der Waals surface area (Å²) in [6, 6.07) is 14.3. The number of anilines is 2. The Morgan fingerprint density at radius 3 is 2.62 bits per heavy atom. The monoisotopic (exact) mass is 447 g/mol. The molecule has 2 aromatic carbocycles. The van der Waals surface area contributed by atoms with E-state index >= 15 is 0 Å². The van der Waals surface area contributed by atoms with Crippen LogP contribution in [0, 0.1) is 6.92 Å². The Hall–Kier alpha value is -3.84. The molecule has 4 rings (SSSR count). The van der Waals surface area contributed by atoms with E-state index in [2.05, 4.69) is 25.2 Å². The third-order valence-corrected chi connectivity index (χ3v) is 5.33. The van der Waals surface area contributed by atoms with Gasteiger partial charge in [-0.25, -0.2) is 9.78 Å². The molecule has 0 aliphatic heterocycles. The molecule has 2 N–H and O–H groups in total. The number of urea groups is 1. The molecule has 0 unspecified atom stereocenters. The first kappa shape index (κ1) is 21.4. The third-order valence-electron chi connectivity index (χ3n) is 5.10.